The number of carbonyl (C=O) groups is 1. The molecule has 1 amide bonds. The molecule has 0 aliphatic carbocycles. The van der Waals surface area contributed by atoms with E-state index in [1.807, 2.05) is 36.5 Å². The van der Waals surface area contributed by atoms with E-state index in [1.54, 1.807) is 10.9 Å². The molecule has 7 nitrogen and oxygen atoms in total. The van der Waals surface area contributed by atoms with Crippen molar-refractivity contribution in [2.24, 2.45) is 0 Å². The van der Waals surface area contributed by atoms with Crippen LogP contribution < -0.4 is 5.32 Å². The minimum Gasteiger partial charge on any atom is -0.351 e. The van der Waals surface area contributed by atoms with E-state index < -0.39 is 10.8 Å². The fraction of sp³-hybridized carbons (Fsp3) is 0.111. The van der Waals surface area contributed by atoms with Crippen LogP contribution in [0.25, 0.3) is 5.69 Å². The van der Waals surface area contributed by atoms with Crippen LogP contribution in [0.15, 0.2) is 60.9 Å². The van der Waals surface area contributed by atoms with Crippen molar-refractivity contribution < 1.29 is 9.72 Å². The molecule has 2 aromatic carbocycles. The molecule has 26 heavy (non-hydrogen) atoms. The number of hydrogen-bond acceptors (Lipinski definition) is 4. The minimum atomic E-state index is -0.620. The summed E-state index contributed by atoms with van der Waals surface area (Å²) in [5.41, 5.74) is 1.56. The fourth-order valence-corrected chi connectivity index (χ4v) is 2.64. The van der Waals surface area contributed by atoms with Crippen LogP contribution >= 0.6 is 11.6 Å². The number of halogens is 1. The molecule has 0 saturated heterocycles. The smallest absolute Gasteiger partial charge is 0.283 e. The molecule has 0 atom stereocenters. The number of para-hydroxylation sites is 1. The molecule has 0 aliphatic heterocycles. The molecule has 0 aliphatic rings. The summed E-state index contributed by atoms with van der Waals surface area (Å²) >= 11 is 5.76. The van der Waals surface area contributed by atoms with Crippen molar-refractivity contribution in [3.05, 3.63) is 87.2 Å². The van der Waals surface area contributed by atoms with E-state index in [0.717, 1.165) is 11.3 Å². The van der Waals surface area contributed by atoms with Gasteiger partial charge in [0.05, 0.1) is 16.8 Å². The summed E-state index contributed by atoms with van der Waals surface area (Å²) in [6.45, 7) is 0.332. The van der Waals surface area contributed by atoms with Crippen molar-refractivity contribution in [2.45, 2.75) is 6.42 Å². The van der Waals surface area contributed by atoms with Gasteiger partial charge in [0.2, 0.25) is 0 Å². The van der Waals surface area contributed by atoms with Gasteiger partial charge in [0.15, 0.2) is 0 Å². The van der Waals surface area contributed by atoms with Gasteiger partial charge in [-0.3, -0.25) is 14.9 Å². The van der Waals surface area contributed by atoms with Gasteiger partial charge in [-0.15, -0.1) is 0 Å². The van der Waals surface area contributed by atoms with Gasteiger partial charge >= 0.3 is 0 Å². The number of rotatable bonds is 6. The van der Waals surface area contributed by atoms with E-state index in [0.29, 0.717) is 13.0 Å². The summed E-state index contributed by atoms with van der Waals surface area (Å²) in [7, 11) is 0. The Bertz CT molecular complexity index is 941. The highest BCUT2D eigenvalue weighted by atomic mass is 35.5. The molecule has 0 saturated carbocycles. The van der Waals surface area contributed by atoms with Crippen molar-refractivity contribution in [3.63, 3.8) is 0 Å². The first-order valence-electron chi connectivity index (χ1n) is 7.86. The third-order valence-electron chi connectivity index (χ3n) is 3.76. The quantitative estimate of drug-likeness (QED) is 0.531. The Labute approximate surface area is 154 Å². The van der Waals surface area contributed by atoms with Gasteiger partial charge in [-0.05, 0) is 36.2 Å². The largest absolute Gasteiger partial charge is 0.351 e. The highest BCUT2D eigenvalue weighted by Gasteiger charge is 2.20. The van der Waals surface area contributed by atoms with Gasteiger partial charge in [0.25, 0.3) is 11.6 Å². The molecule has 0 bridgehead atoms. The summed E-state index contributed by atoms with van der Waals surface area (Å²) in [5.74, 6) is -0.510. The molecule has 0 spiro atoms. The molecule has 0 fully saturated rings. The summed E-state index contributed by atoms with van der Waals surface area (Å²) in [6, 6.07) is 13.6. The Morgan fingerprint density at radius 2 is 2.00 bits per heavy atom. The van der Waals surface area contributed by atoms with Crippen molar-refractivity contribution in [1.82, 2.24) is 15.1 Å². The van der Waals surface area contributed by atoms with E-state index in [9.17, 15) is 14.9 Å². The van der Waals surface area contributed by atoms with E-state index in [1.165, 1.54) is 18.2 Å². The molecule has 1 aromatic heterocycles. The molecule has 8 heteroatoms. The van der Waals surface area contributed by atoms with Crippen LogP contribution in [0.3, 0.4) is 0 Å². The van der Waals surface area contributed by atoms with Crippen LogP contribution in [0.2, 0.25) is 5.02 Å². The standard InChI is InChI=1S/C18H15ClN4O3/c19-14-6-7-16(17(10-14)23(25)26)18(24)20-9-8-13-11-21-22(12-13)15-4-2-1-3-5-15/h1-7,10-12H,8-9H2,(H,20,24). The monoisotopic (exact) mass is 370 g/mol. The second kappa shape index (κ2) is 7.79. The Morgan fingerprint density at radius 1 is 1.23 bits per heavy atom. The number of hydrogen-bond donors (Lipinski definition) is 1. The average molecular weight is 371 g/mol. The number of nitrogens with zero attached hydrogens (tertiary/aromatic N) is 3. The summed E-state index contributed by atoms with van der Waals surface area (Å²) in [6.07, 6.45) is 4.16. The predicted octanol–water partition coefficient (Wildman–Crippen LogP) is 3.41. The maximum atomic E-state index is 12.2. The second-order valence-corrected chi connectivity index (χ2v) is 5.99. The molecule has 0 unspecified atom stereocenters. The van der Waals surface area contributed by atoms with Gasteiger partial charge < -0.3 is 5.32 Å². The van der Waals surface area contributed by atoms with Crippen LogP contribution in [0.1, 0.15) is 15.9 Å². The molecule has 3 aromatic rings. The fourth-order valence-electron chi connectivity index (χ4n) is 2.47. The molecule has 1 N–H and O–H groups in total. The first-order valence-corrected chi connectivity index (χ1v) is 8.23. The zero-order chi connectivity index (χ0) is 18.5. The van der Waals surface area contributed by atoms with Crippen LogP contribution in [0, 0.1) is 10.1 Å². The number of aromatic nitrogens is 2. The lowest BCUT2D eigenvalue weighted by atomic mass is 10.1. The van der Waals surface area contributed by atoms with E-state index in [2.05, 4.69) is 10.4 Å². The van der Waals surface area contributed by atoms with E-state index in [4.69, 9.17) is 11.6 Å². The lowest BCUT2D eigenvalue weighted by molar-refractivity contribution is -0.385. The zero-order valence-corrected chi connectivity index (χ0v) is 14.4. The molecular weight excluding hydrogens is 356 g/mol. The average Bonchev–Trinajstić information content (AvgIpc) is 3.11. The lowest BCUT2D eigenvalue weighted by Crippen LogP contribution is -2.26. The Hall–Kier alpha value is -3.19. The van der Waals surface area contributed by atoms with Gasteiger partial charge in [-0.2, -0.15) is 5.10 Å². The molecule has 1 heterocycles. The van der Waals surface area contributed by atoms with Crippen LogP contribution in [0.4, 0.5) is 5.69 Å². The van der Waals surface area contributed by atoms with Crippen molar-refractivity contribution in [1.29, 1.82) is 0 Å². The molecule has 132 valence electrons. The van der Waals surface area contributed by atoms with Crippen molar-refractivity contribution in [3.8, 4) is 5.69 Å². The SMILES string of the molecule is O=C(NCCc1cnn(-c2ccccc2)c1)c1ccc(Cl)cc1[N+](=O)[O-]. The van der Waals surface area contributed by atoms with Crippen LogP contribution in [-0.2, 0) is 6.42 Å². The van der Waals surface area contributed by atoms with Crippen LogP contribution in [-0.4, -0.2) is 27.2 Å². The molecule has 0 radical (unpaired) electrons. The molecule has 3 rings (SSSR count). The van der Waals surface area contributed by atoms with Crippen molar-refractivity contribution >= 4 is 23.2 Å². The highest BCUT2D eigenvalue weighted by molar-refractivity contribution is 6.31. The zero-order valence-electron chi connectivity index (χ0n) is 13.6. The third-order valence-corrected chi connectivity index (χ3v) is 3.99. The maximum Gasteiger partial charge on any atom is 0.283 e. The van der Waals surface area contributed by atoms with Gasteiger partial charge in [0.1, 0.15) is 5.56 Å². The van der Waals surface area contributed by atoms with E-state index >= 15 is 0 Å². The Morgan fingerprint density at radius 3 is 2.73 bits per heavy atom. The number of benzene rings is 2. The first-order chi connectivity index (χ1) is 12.5. The lowest BCUT2D eigenvalue weighted by Gasteiger charge is -2.05. The topological polar surface area (TPSA) is 90.1 Å². The van der Waals surface area contributed by atoms with Crippen LogP contribution in [0.5, 0.6) is 0 Å². The summed E-state index contributed by atoms with van der Waals surface area (Å²) < 4.78 is 1.75. The number of nitrogens with one attached hydrogen (secondary N) is 1. The minimum absolute atomic E-state index is 0.0145. The summed E-state index contributed by atoms with van der Waals surface area (Å²) in [5, 5.41) is 18.3. The number of nitro benzene ring substituents is 1. The van der Waals surface area contributed by atoms with E-state index in [-0.39, 0.29) is 16.3 Å². The van der Waals surface area contributed by atoms with Gasteiger partial charge in [-0.1, -0.05) is 29.8 Å². The Balaban J connectivity index is 1.61. The number of amides is 1. The maximum absolute atomic E-state index is 12.2. The highest BCUT2D eigenvalue weighted by Crippen LogP contribution is 2.23. The van der Waals surface area contributed by atoms with Gasteiger partial charge in [-0.25, -0.2) is 4.68 Å². The van der Waals surface area contributed by atoms with Gasteiger partial charge in [0, 0.05) is 23.8 Å². The number of nitro groups is 1. The summed E-state index contributed by atoms with van der Waals surface area (Å²) in [4.78, 5) is 22.7. The predicted molar refractivity (Wildman–Crippen MR) is 97.7 cm³/mol. The van der Waals surface area contributed by atoms with Crippen molar-refractivity contribution in [2.75, 3.05) is 6.54 Å². The first kappa shape index (κ1) is 17.6. The molecular formula is C18H15ClN4O3. The number of carbonyl (C=O) groups excluding carboxylic acids is 1. The third kappa shape index (κ3) is 4.07. The Kier molecular flexibility index (Phi) is 5.28. The second-order valence-electron chi connectivity index (χ2n) is 5.55. The normalized spacial score (nSPS) is 10.5.